The van der Waals surface area contributed by atoms with E-state index >= 15 is 0 Å². The van der Waals surface area contributed by atoms with Crippen LogP contribution in [0.15, 0.2) is 10.5 Å². The Morgan fingerprint density at radius 2 is 1.95 bits per heavy atom. The molecule has 0 bridgehead atoms. The first kappa shape index (κ1) is 15.6. The molecule has 2 rings (SSSR count). The van der Waals surface area contributed by atoms with Gasteiger partial charge in [0, 0.05) is 18.2 Å². The minimum absolute atomic E-state index is 0.431. The van der Waals surface area contributed by atoms with Gasteiger partial charge in [-0.25, -0.2) is 0 Å². The number of hydrogen-bond donors (Lipinski definition) is 1. The van der Waals surface area contributed by atoms with Crippen LogP contribution in [0.4, 0.5) is 0 Å². The summed E-state index contributed by atoms with van der Waals surface area (Å²) in [6, 6.07) is 2.64. The normalized spacial score (nSPS) is 17.6. The minimum Gasteiger partial charge on any atom is -0.464 e. The molecule has 0 unspecified atom stereocenters. The van der Waals surface area contributed by atoms with Crippen LogP contribution in [0.25, 0.3) is 0 Å². The highest BCUT2D eigenvalue weighted by Gasteiger charge is 2.14. The average Bonchev–Trinajstić information content (AvgIpc) is 2.63. The Bertz CT molecular complexity index is 390. The molecule has 1 aromatic heterocycles. The van der Waals surface area contributed by atoms with Gasteiger partial charge >= 0.3 is 0 Å². The first-order valence-electron chi connectivity index (χ1n) is 8.08. The first-order chi connectivity index (χ1) is 9.65. The molecule has 114 valence electrons. The molecule has 1 N–H and O–H groups in total. The SMILES string of the molecule is Cc1oc(COC2CCCCCC2)cc1CNC(C)C. The summed E-state index contributed by atoms with van der Waals surface area (Å²) in [6.07, 6.45) is 8.20. The second-order valence-electron chi connectivity index (χ2n) is 6.25. The van der Waals surface area contributed by atoms with E-state index in [1.54, 1.807) is 0 Å². The molecule has 0 amide bonds. The van der Waals surface area contributed by atoms with Crippen molar-refractivity contribution in [3.05, 3.63) is 23.2 Å². The van der Waals surface area contributed by atoms with Crippen molar-refractivity contribution in [2.45, 2.75) is 84.6 Å². The quantitative estimate of drug-likeness (QED) is 0.787. The van der Waals surface area contributed by atoms with Crippen molar-refractivity contribution in [3.63, 3.8) is 0 Å². The number of ether oxygens (including phenoxy) is 1. The Morgan fingerprint density at radius 1 is 1.25 bits per heavy atom. The molecule has 1 aromatic rings. The van der Waals surface area contributed by atoms with E-state index in [1.165, 1.54) is 44.1 Å². The maximum atomic E-state index is 6.03. The molecule has 1 fully saturated rings. The topological polar surface area (TPSA) is 34.4 Å². The zero-order valence-corrected chi connectivity index (χ0v) is 13.2. The molecule has 0 radical (unpaired) electrons. The van der Waals surface area contributed by atoms with Crippen LogP contribution in [0.1, 0.15) is 69.5 Å². The van der Waals surface area contributed by atoms with Gasteiger partial charge in [-0.1, -0.05) is 39.5 Å². The van der Waals surface area contributed by atoms with Crippen LogP contribution in [-0.4, -0.2) is 12.1 Å². The van der Waals surface area contributed by atoms with E-state index in [0.29, 0.717) is 18.8 Å². The molecule has 3 heteroatoms. The van der Waals surface area contributed by atoms with Crippen LogP contribution in [0.3, 0.4) is 0 Å². The Balaban J connectivity index is 1.81. The lowest BCUT2D eigenvalue weighted by atomic mass is 10.1. The molecular weight excluding hydrogens is 250 g/mol. The zero-order valence-electron chi connectivity index (χ0n) is 13.2. The molecule has 0 aromatic carbocycles. The molecule has 0 aliphatic heterocycles. The minimum atomic E-state index is 0.431. The highest BCUT2D eigenvalue weighted by molar-refractivity contribution is 5.20. The molecular formula is C17H29NO2. The fourth-order valence-electron chi connectivity index (χ4n) is 2.76. The van der Waals surface area contributed by atoms with E-state index in [-0.39, 0.29) is 0 Å². The summed E-state index contributed by atoms with van der Waals surface area (Å²) in [5.74, 6) is 1.98. The Kier molecular flexibility index (Phi) is 6.11. The van der Waals surface area contributed by atoms with Gasteiger partial charge in [-0.05, 0) is 25.8 Å². The molecule has 1 aliphatic rings. The third kappa shape index (κ3) is 4.95. The smallest absolute Gasteiger partial charge is 0.130 e. The number of nitrogens with one attached hydrogen (secondary N) is 1. The van der Waals surface area contributed by atoms with Gasteiger partial charge < -0.3 is 14.5 Å². The summed E-state index contributed by atoms with van der Waals surface area (Å²) in [5.41, 5.74) is 1.25. The number of hydrogen-bond acceptors (Lipinski definition) is 3. The van der Waals surface area contributed by atoms with Crippen molar-refractivity contribution in [1.82, 2.24) is 5.32 Å². The van der Waals surface area contributed by atoms with Gasteiger partial charge in [-0.3, -0.25) is 0 Å². The summed E-state index contributed by atoms with van der Waals surface area (Å²) >= 11 is 0. The number of rotatable bonds is 6. The van der Waals surface area contributed by atoms with Gasteiger partial charge in [0.25, 0.3) is 0 Å². The van der Waals surface area contributed by atoms with E-state index in [9.17, 15) is 0 Å². The summed E-state index contributed by atoms with van der Waals surface area (Å²) < 4.78 is 11.8. The van der Waals surface area contributed by atoms with Gasteiger partial charge in [0.15, 0.2) is 0 Å². The second-order valence-corrected chi connectivity index (χ2v) is 6.25. The van der Waals surface area contributed by atoms with Crippen LogP contribution >= 0.6 is 0 Å². The lowest BCUT2D eigenvalue weighted by Gasteiger charge is -2.13. The summed E-state index contributed by atoms with van der Waals surface area (Å²) in [5, 5.41) is 3.43. The van der Waals surface area contributed by atoms with E-state index < -0.39 is 0 Å². The molecule has 0 spiro atoms. The molecule has 1 saturated carbocycles. The summed E-state index contributed by atoms with van der Waals surface area (Å²) in [6.45, 7) is 7.84. The van der Waals surface area contributed by atoms with E-state index in [1.807, 2.05) is 6.92 Å². The molecule has 1 heterocycles. The van der Waals surface area contributed by atoms with Crippen molar-refractivity contribution >= 4 is 0 Å². The van der Waals surface area contributed by atoms with Gasteiger partial charge in [-0.15, -0.1) is 0 Å². The maximum absolute atomic E-state index is 6.03. The van der Waals surface area contributed by atoms with E-state index in [2.05, 4.69) is 25.2 Å². The largest absolute Gasteiger partial charge is 0.464 e. The predicted molar refractivity (Wildman–Crippen MR) is 81.7 cm³/mol. The van der Waals surface area contributed by atoms with E-state index in [0.717, 1.165) is 18.1 Å². The van der Waals surface area contributed by atoms with Crippen LogP contribution in [-0.2, 0) is 17.9 Å². The Hall–Kier alpha value is -0.800. The van der Waals surface area contributed by atoms with Crippen LogP contribution < -0.4 is 5.32 Å². The number of furan rings is 1. The highest BCUT2D eigenvalue weighted by atomic mass is 16.5. The highest BCUT2D eigenvalue weighted by Crippen LogP contribution is 2.22. The van der Waals surface area contributed by atoms with Gasteiger partial charge in [0.05, 0.1) is 6.10 Å². The lowest BCUT2D eigenvalue weighted by Crippen LogP contribution is -2.21. The Morgan fingerprint density at radius 3 is 2.60 bits per heavy atom. The van der Waals surface area contributed by atoms with Crippen molar-refractivity contribution in [2.75, 3.05) is 0 Å². The fraction of sp³-hybridized carbons (Fsp3) is 0.765. The van der Waals surface area contributed by atoms with E-state index in [4.69, 9.17) is 9.15 Å². The van der Waals surface area contributed by atoms with Crippen molar-refractivity contribution in [2.24, 2.45) is 0 Å². The third-order valence-corrected chi connectivity index (χ3v) is 4.04. The predicted octanol–water partition coefficient (Wildman–Crippen LogP) is 4.33. The lowest BCUT2D eigenvalue weighted by molar-refractivity contribution is 0.0216. The zero-order chi connectivity index (χ0) is 14.4. The van der Waals surface area contributed by atoms with Crippen molar-refractivity contribution in [3.8, 4) is 0 Å². The monoisotopic (exact) mass is 279 g/mol. The Labute approximate surface area is 123 Å². The van der Waals surface area contributed by atoms with Gasteiger partial charge in [-0.2, -0.15) is 0 Å². The molecule has 3 nitrogen and oxygen atoms in total. The molecule has 0 atom stereocenters. The van der Waals surface area contributed by atoms with Gasteiger partial charge in [0.2, 0.25) is 0 Å². The third-order valence-electron chi connectivity index (χ3n) is 4.04. The van der Waals surface area contributed by atoms with Gasteiger partial charge in [0.1, 0.15) is 18.1 Å². The maximum Gasteiger partial charge on any atom is 0.130 e. The first-order valence-corrected chi connectivity index (χ1v) is 8.08. The molecule has 1 aliphatic carbocycles. The molecule has 20 heavy (non-hydrogen) atoms. The average molecular weight is 279 g/mol. The molecule has 0 saturated heterocycles. The standard InChI is InChI=1S/C17H29NO2/c1-13(2)18-11-15-10-17(20-14(15)3)12-19-16-8-6-4-5-7-9-16/h10,13,16,18H,4-9,11-12H2,1-3H3. The van der Waals surface area contributed by atoms with Crippen molar-refractivity contribution < 1.29 is 9.15 Å². The van der Waals surface area contributed by atoms with Crippen molar-refractivity contribution in [1.29, 1.82) is 0 Å². The second kappa shape index (κ2) is 7.84. The van der Waals surface area contributed by atoms with Crippen LogP contribution in [0.2, 0.25) is 0 Å². The fourth-order valence-corrected chi connectivity index (χ4v) is 2.76. The van der Waals surface area contributed by atoms with Crippen LogP contribution in [0.5, 0.6) is 0 Å². The summed E-state index contributed by atoms with van der Waals surface area (Å²) in [7, 11) is 0. The summed E-state index contributed by atoms with van der Waals surface area (Å²) in [4.78, 5) is 0. The van der Waals surface area contributed by atoms with Crippen LogP contribution in [0, 0.1) is 6.92 Å². The number of aryl methyl sites for hydroxylation is 1.